The van der Waals surface area contributed by atoms with Crippen molar-refractivity contribution in [2.45, 2.75) is 29.3 Å². The third kappa shape index (κ3) is 4.98. The Kier molecular flexibility index (Phi) is 5.95. The van der Waals surface area contributed by atoms with Gasteiger partial charge in [-0.2, -0.15) is 4.72 Å². The Morgan fingerprint density at radius 2 is 1.74 bits per heavy atom. The molecule has 2 aromatic rings. The topological polar surface area (TPSA) is 67.9 Å². The van der Waals surface area contributed by atoms with Crippen molar-refractivity contribution < 1.29 is 31.1 Å². The van der Waals surface area contributed by atoms with Gasteiger partial charge in [-0.25, -0.2) is 8.42 Å². The summed E-state index contributed by atoms with van der Waals surface area (Å²) in [7, 11) is -4.04. The Bertz CT molecular complexity index is 1030. The van der Waals surface area contributed by atoms with E-state index in [-0.39, 0.29) is 10.9 Å². The van der Waals surface area contributed by atoms with E-state index in [1.807, 2.05) is 0 Å². The molecule has 2 aliphatic rings. The first-order valence-electron chi connectivity index (χ1n) is 9.54. The minimum absolute atomic E-state index is 0.152. The molecule has 1 N–H and O–H groups in total. The summed E-state index contributed by atoms with van der Waals surface area (Å²) >= 11 is 6.01. The van der Waals surface area contributed by atoms with E-state index in [1.165, 1.54) is 0 Å². The van der Waals surface area contributed by atoms with Crippen molar-refractivity contribution in [3.8, 4) is 5.75 Å². The van der Waals surface area contributed by atoms with Gasteiger partial charge in [0.2, 0.25) is 10.0 Å². The second-order valence-corrected chi connectivity index (χ2v) is 9.74. The molecule has 2 heterocycles. The van der Waals surface area contributed by atoms with Gasteiger partial charge in [0.25, 0.3) is 0 Å². The highest BCUT2D eigenvalue weighted by atomic mass is 35.5. The summed E-state index contributed by atoms with van der Waals surface area (Å²) in [6.07, 6.45) is -4.32. The highest BCUT2D eigenvalue weighted by molar-refractivity contribution is 7.89. The van der Waals surface area contributed by atoms with Gasteiger partial charge in [0.1, 0.15) is 5.75 Å². The molecule has 4 rings (SSSR count). The van der Waals surface area contributed by atoms with Crippen molar-refractivity contribution in [2.24, 2.45) is 0 Å². The van der Waals surface area contributed by atoms with Crippen LogP contribution in [0.5, 0.6) is 5.75 Å². The first-order valence-corrected chi connectivity index (χ1v) is 11.4. The minimum atomic E-state index is -4.85. The SMILES string of the molecule is O=S(=O)(N[C@@]1(c2ccc(Cl)cc2)CCN(C2COC2)C1)c1ccc(OC(F)(F)F)cc1. The highest BCUT2D eigenvalue weighted by Crippen LogP contribution is 2.36. The first-order chi connectivity index (χ1) is 14.6. The third-order valence-electron chi connectivity index (χ3n) is 5.53. The Morgan fingerprint density at radius 3 is 2.29 bits per heavy atom. The lowest BCUT2D eigenvalue weighted by molar-refractivity contribution is -0.274. The predicted molar refractivity (Wildman–Crippen MR) is 107 cm³/mol. The van der Waals surface area contributed by atoms with Gasteiger partial charge >= 0.3 is 6.36 Å². The number of nitrogens with zero attached hydrogens (tertiary/aromatic N) is 1. The monoisotopic (exact) mass is 476 g/mol. The van der Waals surface area contributed by atoms with Gasteiger partial charge in [0, 0.05) is 18.1 Å². The van der Waals surface area contributed by atoms with E-state index in [0.717, 1.165) is 29.8 Å². The Morgan fingerprint density at radius 1 is 1.10 bits per heavy atom. The zero-order valence-corrected chi connectivity index (χ0v) is 17.8. The van der Waals surface area contributed by atoms with Crippen LogP contribution in [-0.4, -0.2) is 52.0 Å². The lowest BCUT2D eigenvalue weighted by Crippen LogP contribution is -2.52. The van der Waals surface area contributed by atoms with E-state index in [0.29, 0.717) is 37.7 Å². The van der Waals surface area contributed by atoms with Crippen molar-refractivity contribution >= 4 is 21.6 Å². The number of likely N-dealkylation sites (tertiary alicyclic amines) is 1. The molecule has 0 saturated carbocycles. The smallest absolute Gasteiger partial charge is 0.406 e. The van der Waals surface area contributed by atoms with Gasteiger partial charge in [-0.1, -0.05) is 23.7 Å². The maximum absolute atomic E-state index is 13.1. The van der Waals surface area contributed by atoms with Crippen LogP contribution in [0.1, 0.15) is 12.0 Å². The number of sulfonamides is 1. The van der Waals surface area contributed by atoms with Gasteiger partial charge in [0.15, 0.2) is 0 Å². The van der Waals surface area contributed by atoms with Crippen LogP contribution in [0.25, 0.3) is 0 Å². The number of alkyl halides is 3. The van der Waals surface area contributed by atoms with Crippen molar-refractivity contribution in [2.75, 3.05) is 26.3 Å². The van der Waals surface area contributed by atoms with E-state index in [4.69, 9.17) is 16.3 Å². The molecule has 2 aliphatic heterocycles. The molecule has 2 aromatic carbocycles. The van der Waals surface area contributed by atoms with Gasteiger partial charge in [-0.3, -0.25) is 4.90 Å². The van der Waals surface area contributed by atoms with Crippen LogP contribution in [0.4, 0.5) is 13.2 Å². The molecule has 1 atom stereocenters. The maximum Gasteiger partial charge on any atom is 0.573 e. The maximum atomic E-state index is 13.1. The molecule has 11 heteroatoms. The molecule has 168 valence electrons. The fraction of sp³-hybridized carbons (Fsp3) is 0.400. The average Bonchev–Trinajstić information content (AvgIpc) is 3.03. The largest absolute Gasteiger partial charge is 0.573 e. The molecular formula is C20H20ClF3N2O4S. The minimum Gasteiger partial charge on any atom is -0.406 e. The van der Waals surface area contributed by atoms with Gasteiger partial charge in [-0.05, 0) is 48.4 Å². The lowest BCUT2D eigenvalue weighted by Gasteiger charge is -2.37. The van der Waals surface area contributed by atoms with Crippen LogP contribution in [0.15, 0.2) is 53.4 Å². The summed E-state index contributed by atoms with van der Waals surface area (Å²) in [4.78, 5) is 2.03. The standard InChI is InChI=1S/C20H20ClF3N2O4S/c21-15-3-1-14(2-4-15)19(9-10-26(13-19)16-11-29-12-16)25-31(27,28)18-7-5-17(6-8-18)30-20(22,23)24/h1-8,16,25H,9-13H2/t19-/m0/s1. The molecule has 0 unspecified atom stereocenters. The molecule has 0 amide bonds. The van der Waals surface area contributed by atoms with Crippen molar-refractivity contribution in [1.82, 2.24) is 9.62 Å². The van der Waals surface area contributed by atoms with Gasteiger partial charge in [0.05, 0.1) is 29.7 Å². The number of nitrogens with one attached hydrogen (secondary N) is 1. The van der Waals surface area contributed by atoms with Crippen LogP contribution in [0.2, 0.25) is 5.02 Å². The normalized spacial score (nSPS) is 23.0. The van der Waals surface area contributed by atoms with Crippen LogP contribution in [0, 0.1) is 0 Å². The lowest BCUT2D eigenvalue weighted by atomic mass is 9.90. The average molecular weight is 477 g/mol. The number of benzene rings is 2. The third-order valence-corrected chi connectivity index (χ3v) is 7.33. The number of ether oxygens (including phenoxy) is 2. The summed E-state index contributed by atoms with van der Waals surface area (Å²) in [5, 5.41) is 0.532. The van der Waals surface area contributed by atoms with Gasteiger partial charge in [-0.15, -0.1) is 13.2 Å². The Balaban J connectivity index is 1.61. The first kappa shape index (κ1) is 22.3. The molecule has 2 saturated heterocycles. The zero-order chi connectivity index (χ0) is 22.3. The fourth-order valence-electron chi connectivity index (χ4n) is 3.87. The molecule has 0 spiro atoms. The highest BCUT2D eigenvalue weighted by Gasteiger charge is 2.46. The van der Waals surface area contributed by atoms with E-state index in [2.05, 4.69) is 14.4 Å². The van der Waals surface area contributed by atoms with E-state index in [1.54, 1.807) is 24.3 Å². The van der Waals surface area contributed by atoms with E-state index < -0.39 is 27.7 Å². The summed E-state index contributed by atoms with van der Waals surface area (Å²) in [6, 6.07) is 11.3. The summed E-state index contributed by atoms with van der Waals surface area (Å²) < 4.78 is 75.3. The molecule has 0 aromatic heterocycles. The van der Waals surface area contributed by atoms with Crippen molar-refractivity contribution in [1.29, 1.82) is 0 Å². The van der Waals surface area contributed by atoms with Crippen molar-refractivity contribution in [3.63, 3.8) is 0 Å². The summed E-state index contributed by atoms with van der Waals surface area (Å²) in [5.41, 5.74) is -0.139. The zero-order valence-electron chi connectivity index (χ0n) is 16.2. The fourth-order valence-corrected chi connectivity index (χ4v) is 5.41. The second-order valence-electron chi connectivity index (χ2n) is 7.63. The molecule has 6 nitrogen and oxygen atoms in total. The molecule has 31 heavy (non-hydrogen) atoms. The number of hydrogen-bond donors (Lipinski definition) is 1. The predicted octanol–water partition coefficient (Wildman–Crippen LogP) is 3.52. The van der Waals surface area contributed by atoms with Crippen molar-refractivity contribution in [3.05, 3.63) is 59.1 Å². The molecule has 0 bridgehead atoms. The van der Waals surface area contributed by atoms with Crippen LogP contribution in [0.3, 0.4) is 0 Å². The number of halogens is 4. The van der Waals surface area contributed by atoms with Crippen LogP contribution >= 0.6 is 11.6 Å². The van der Waals surface area contributed by atoms with E-state index >= 15 is 0 Å². The number of rotatable bonds is 6. The molecule has 0 radical (unpaired) electrons. The Labute approximate surface area is 182 Å². The Hall–Kier alpha value is -1.85. The second kappa shape index (κ2) is 8.25. The van der Waals surface area contributed by atoms with Gasteiger partial charge < -0.3 is 9.47 Å². The number of hydrogen-bond acceptors (Lipinski definition) is 5. The van der Waals surface area contributed by atoms with Crippen LogP contribution in [-0.2, 0) is 20.3 Å². The molecular weight excluding hydrogens is 457 g/mol. The molecule has 2 fully saturated rings. The van der Waals surface area contributed by atoms with E-state index in [9.17, 15) is 21.6 Å². The van der Waals surface area contributed by atoms with Crippen LogP contribution < -0.4 is 9.46 Å². The summed E-state index contributed by atoms with van der Waals surface area (Å²) in [5.74, 6) is -0.490. The quantitative estimate of drug-likeness (QED) is 0.691. The molecule has 0 aliphatic carbocycles. The summed E-state index contributed by atoms with van der Waals surface area (Å²) in [6.45, 7) is 2.32.